The van der Waals surface area contributed by atoms with Crippen molar-refractivity contribution in [2.24, 2.45) is 0 Å². The third-order valence-electron chi connectivity index (χ3n) is 3.84. The Balaban J connectivity index is 1.93. The minimum Gasteiger partial charge on any atom is -0.506 e. The lowest BCUT2D eigenvalue weighted by Gasteiger charge is -2.12. The second-order valence-corrected chi connectivity index (χ2v) is 6.45. The Morgan fingerprint density at radius 3 is 2.67 bits per heavy atom. The van der Waals surface area contributed by atoms with Crippen molar-refractivity contribution in [1.82, 2.24) is 10.2 Å². The predicted molar refractivity (Wildman–Crippen MR) is 95.9 cm³/mol. The number of imide groups is 1. The second kappa shape index (κ2) is 7.16. The zero-order chi connectivity index (χ0) is 19.7. The number of urea groups is 1. The molecule has 0 unspecified atom stereocenters. The summed E-state index contributed by atoms with van der Waals surface area (Å²) in [6.07, 6.45) is 1.12. The minimum absolute atomic E-state index is 0.0348. The summed E-state index contributed by atoms with van der Waals surface area (Å²) in [6.45, 7) is -0.278. The molecule has 3 amide bonds. The zero-order valence-corrected chi connectivity index (χ0v) is 15.1. The first-order chi connectivity index (χ1) is 12.8. The number of nitro groups is 1. The molecule has 0 bridgehead atoms. The van der Waals surface area contributed by atoms with Gasteiger partial charge in [0.05, 0.1) is 15.9 Å². The number of halogens is 2. The summed E-state index contributed by atoms with van der Waals surface area (Å²) in [4.78, 5) is 35.7. The Hall–Kier alpha value is -3.27. The number of carbonyl (C=O) groups excluding carboxylic acids is 2. The van der Waals surface area contributed by atoms with Crippen LogP contribution in [0.5, 0.6) is 5.75 Å². The van der Waals surface area contributed by atoms with Gasteiger partial charge in [-0.05, 0) is 28.1 Å². The van der Waals surface area contributed by atoms with E-state index in [9.17, 15) is 29.2 Å². The molecule has 1 aliphatic rings. The van der Waals surface area contributed by atoms with Gasteiger partial charge in [-0.1, -0.05) is 18.2 Å². The molecule has 0 saturated carbocycles. The summed E-state index contributed by atoms with van der Waals surface area (Å²) in [6, 6.07) is 7.12. The van der Waals surface area contributed by atoms with Gasteiger partial charge in [0.15, 0.2) is 0 Å². The van der Waals surface area contributed by atoms with Crippen molar-refractivity contribution < 1.29 is 24.0 Å². The maximum atomic E-state index is 13.8. The third kappa shape index (κ3) is 3.65. The maximum absolute atomic E-state index is 13.8. The van der Waals surface area contributed by atoms with Crippen LogP contribution in [-0.2, 0) is 11.3 Å². The van der Waals surface area contributed by atoms with E-state index in [2.05, 4.69) is 21.2 Å². The molecule has 0 spiro atoms. The first kappa shape index (κ1) is 18.5. The van der Waals surface area contributed by atoms with Gasteiger partial charge in [0.1, 0.15) is 17.3 Å². The van der Waals surface area contributed by atoms with Crippen LogP contribution in [-0.4, -0.2) is 26.9 Å². The zero-order valence-electron chi connectivity index (χ0n) is 13.5. The molecule has 10 heteroatoms. The van der Waals surface area contributed by atoms with Gasteiger partial charge in [0.2, 0.25) is 0 Å². The van der Waals surface area contributed by atoms with Gasteiger partial charge in [-0.3, -0.25) is 19.8 Å². The van der Waals surface area contributed by atoms with Crippen LogP contribution in [0.3, 0.4) is 0 Å². The van der Waals surface area contributed by atoms with E-state index in [1.165, 1.54) is 18.2 Å². The molecule has 1 aliphatic heterocycles. The number of phenolic OH excluding ortho intramolecular Hbond substituents is 1. The molecule has 2 aromatic carbocycles. The smallest absolute Gasteiger partial charge is 0.329 e. The van der Waals surface area contributed by atoms with E-state index < -0.39 is 22.7 Å². The van der Waals surface area contributed by atoms with Crippen LogP contribution in [0.2, 0.25) is 0 Å². The van der Waals surface area contributed by atoms with Gasteiger partial charge >= 0.3 is 6.03 Å². The number of nitrogens with one attached hydrogen (secondary N) is 1. The first-order valence-corrected chi connectivity index (χ1v) is 8.32. The van der Waals surface area contributed by atoms with Crippen LogP contribution in [0.1, 0.15) is 11.1 Å². The number of hydrogen-bond donors (Lipinski definition) is 2. The van der Waals surface area contributed by atoms with Crippen LogP contribution < -0.4 is 5.32 Å². The van der Waals surface area contributed by atoms with Crippen LogP contribution >= 0.6 is 15.9 Å². The molecule has 27 heavy (non-hydrogen) atoms. The molecule has 8 nitrogen and oxygen atoms in total. The molecular weight excluding hydrogens is 425 g/mol. The van der Waals surface area contributed by atoms with Crippen LogP contribution in [0.15, 0.2) is 46.6 Å². The fourth-order valence-electron chi connectivity index (χ4n) is 2.49. The van der Waals surface area contributed by atoms with E-state index in [4.69, 9.17) is 0 Å². The van der Waals surface area contributed by atoms with Crippen LogP contribution in [0.4, 0.5) is 14.9 Å². The van der Waals surface area contributed by atoms with Gasteiger partial charge in [0, 0.05) is 23.3 Å². The molecule has 2 aromatic rings. The summed E-state index contributed by atoms with van der Waals surface area (Å²) >= 11 is 3.00. The highest BCUT2D eigenvalue weighted by molar-refractivity contribution is 9.10. The van der Waals surface area contributed by atoms with Crippen molar-refractivity contribution in [3.63, 3.8) is 0 Å². The number of rotatable bonds is 4. The SMILES string of the molecule is O=C1N/C(=C/c2cc([N+](=O)[O-])cc(Br)c2O)C(=O)N1Cc1ccccc1F. The normalized spacial score (nSPS) is 15.3. The molecule has 3 rings (SSSR count). The average Bonchev–Trinajstić information content (AvgIpc) is 2.87. The number of hydrogen-bond acceptors (Lipinski definition) is 5. The van der Waals surface area contributed by atoms with Crippen molar-refractivity contribution in [1.29, 1.82) is 0 Å². The number of nitrogens with zero attached hydrogens (tertiary/aromatic N) is 2. The average molecular weight is 436 g/mol. The Labute approximate surface area is 160 Å². The van der Waals surface area contributed by atoms with Crippen molar-refractivity contribution in [2.45, 2.75) is 6.54 Å². The van der Waals surface area contributed by atoms with E-state index in [0.717, 1.165) is 23.1 Å². The van der Waals surface area contributed by atoms with Crippen molar-refractivity contribution in [2.75, 3.05) is 0 Å². The van der Waals surface area contributed by atoms with Gasteiger partial charge < -0.3 is 10.4 Å². The standard InChI is InChI=1S/C17H11BrFN3O5/c18-12-7-11(22(26)27)5-10(15(12)23)6-14-16(24)21(17(25)20-14)8-9-3-1-2-4-13(9)19/h1-7,23H,8H2,(H,20,25)/b14-6+. The number of carbonyl (C=O) groups is 2. The van der Waals surface area contributed by atoms with Gasteiger partial charge in [-0.2, -0.15) is 0 Å². The number of nitro benzene ring substituents is 1. The third-order valence-corrected chi connectivity index (χ3v) is 4.44. The summed E-state index contributed by atoms with van der Waals surface area (Å²) in [5.74, 6) is -1.64. The van der Waals surface area contributed by atoms with Gasteiger partial charge in [-0.25, -0.2) is 9.18 Å². The molecule has 1 heterocycles. The number of amides is 3. The number of non-ortho nitro benzene ring substituents is 1. The monoisotopic (exact) mass is 435 g/mol. The topological polar surface area (TPSA) is 113 Å². The highest BCUT2D eigenvalue weighted by atomic mass is 79.9. The van der Waals surface area contributed by atoms with Gasteiger partial charge in [0.25, 0.3) is 11.6 Å². The Morgan fingerprint density at radius 2 is 2.00 bits per heavy atom. The Morgan fingerprint density at radius 1 is 1.30 bits per heavy atom. The molecule has 2 N–H and O–H groups in total. The van der Waals surface area contributed by atoms with Gasteiger partial charge in [-0.15, -0.1) is 0 Å². The molecule has 138 valence electrons. The molecule has 1 fully saturated rings. The Bertz CT molecular complexity index is 1010. The molecule has 1 saturated heterocycles. The number of benzene rings is 2. The fourth-order valence-corrected chi connectivity index (χ4v) is 2.95. The van der Waals surface area contributed by atoms with E-state index in [0.29, 0.717) is 0 Å². The molecular formula is C17H11BrFN3O5. The van der Waals surface area contributed by atoms with E-state index in [1.54, 1.807) is 6.07 Å². The lowest BCUT2D eigenvalue weighted by molar-refractivity contribution is -0.385. The maximum Gasteiger partial charge on any atom is 0.329 e. The first-order valence-electron chi connectivity index (χ1n) is 7.52. The largest absolute Gasteiger partial charge is 0.506 e. The van der Waals surface area contributed by atoms with Crippen LogP contribution in [0.25, 0.3) is 6.08 Å². The fraction of sp³-hybridized carbons (Fsp3) is 0.0588. The quantitative estimate of drug-likeness (QED) is 0.331. The highest BCUT2D eigenvalue weighted by Gasteiger charge is 2.34. The summed E-state index contributed by atoms with van der Waals surface area (Å²) < 4.78 is 13.8. The minimum atomic E-state index is -0.765. The van der Waals surface area contributed by atoms with E-state index >= 15 is 0 Å². The summed E-state index contributed by atoms with van der Waals surface area (Å²) in [5, 5.41) is 23.3. The van der Waals surface area contributed by atoms with Crippen molar-refractivity contribution >= 4 is 39.6 Å². The molecule has 0 aromatic heterocycles. The lowest BCUT2D eigenvalue weighted by atomic mass is 10.1. The number of aromatic hydroxyl groups is 1. The highest BCUT2D eigenvalue weighted by Crippen LogP contribution is 2.34. The summed E-state index contributed by atoms with van der Waals surface area (Å²) in [7, 11) is 0. The second-order valence-electron chi connectivity index (χ2n) is 5.59. The number of phenols is 1. The molecule has 0 aliphatic carbocycles. The summed E-state index contributed by atoms with van der Waals surface area (Å²) in [5.41, 5.74) is -0.388. The van der Waals surface area contributed by atoms with Crippen molar-refractivity contribution in [3.05, 3.63) is 73.6 Å². The predicted octanol–water partition coefficient (Wildman–Crippen LogP) is 3.29. The van der Waals surface area contributed by atoms with Crippen molar-refractivity contribution in [3.8, 4) is 5.75 Å². The lowest BCUT2D eigenvalue weighted by Crippen LogP contribution is -2.30. The Kier molecular flexibility index (Phi) is 4.91. The molecule has 0 radical (unpaired) electrons. The van der Waals surface area contributed by atoms with E-state index in [-0.39, 0.29) is 39.3 Å². The van der Waals surface area contributed by atoms with Crippen LogP contribution in [0, 0.1) is 15.9 Å². The van der Waals surface area contributed by atoms with E-state index in [1.807, 2.05) is 0 Å². The molecule has 0 atom stereocenters.